The van der Waals surface area contributed by atoms with Crippen molar-refractivity contribution in [1.82, 2.24) is 34.5 Å². The number of benzene rings is 1. The van der Waals surface area contributed by atoms with Crippen LogP contribution in [-0.2, 0) is 18.4 Å². The van der Waals surface area contributed by atoms with Crippen LogP contribution in [0.3, 0.4) is 0 Å². The molecule has 2 N–H and O–H groups in total. The highest BCUT2D eigenvalue weighted by Crippen LogP contribution is 2.30. The van der Waals surface area contributed by atoms with Gasteiger partial charge in [-0.1, -0.05) is 18.2 Å². The number of ether oxygens (including phenoxy) is 1. The molecule has 1 aliphatic rings. The van der Waals surface area contributed by atoms with E-state index < -0.39 is 0 Å². The smallest absolute Gasteiger partial charge is 0.258 e. The van der Waals surface area contributed by atoms with E-state index in [4.69, 9.17) is 9.72 Å². The lowest BCUT2D eigenvalue weighted by Crippen LogP contribution is -2.36. The van der Waals surface area contributed by atoms with Gasteiger partial charge in [0.2, 0.25) is 17.7 Å². The Morgan fingerprint density at radius 1 is 1.27 bits per heavy atom. The summed E-state index contributed by atoms with van der Waals surface area (Å²) in [5.41, 5.74) is 4.12. The number of pyridine rings is 1. The van der Waals surface area contributed by atoms with E-state index in [2.05, 4.69) is 20.7 Å². The highest BCUT2D eigenvalue weighted by Gasteiger charge is 2.21. The zero-order valence-electron chi connectivity index (χ0n) is 23.6. The second-order valence-corrected chi connectivity index (χ2v) is 11.4. The normalized spacial score (nSPS) is 16.3. The van der Waals surface area contributed by atoms with E-state index in [-0.39, 0.29) is 23.8 Å². The third-order valence-corrected chi connectivity index (χ3v) is 7.70. The molecule has 4 heterocycles. The van der Waals surface area contributed by atoms with Crippen LogP contribution in [0.1, 0.15) is 22.5 Å². The van der Waals surface area contributed by atoms with Gasteiger partial charge in [-0.25, -0.2) is 9.67 Å². The van der Waals surface area contributed by atoms with Gasteiger partial charge in [-0.05, 0) is 57.5 Å². The van der Waals surface area contributed by atoms with Crippen LogP contribution in [0.15, 0.2) is 54.7 Å². The molecule has 0 spiro atoms. The lowest BCUT2D eigenvalue weighted by atomic mass is 10.1. The topological polar surface area (TPSA) is 119 Å². The first-order valence-corrected chi connectivity index (χ1v) is 14.5. The largest absolute Gasteiger partial charge is 0.474 e. The fraction of sp³-hybridized carbons (Fsp3) is 0.345. The Morgan fingerprint density at radius 3 is 2.93 bits per heavy atom. The molecule has 0 saturated heterocycles. The van der Waals surface area contributed by atoms with Crippen molar-refractivity contribution in [1.29, 1.82) is 0 Å². The SMILES string of the molecule is Cc1cc2cc(n1)-c1cnn(C)c1OC[C@@H](NC(=O)/C=C/CN(C)C)SCCCn1c(nc3ccccc31)NC2=O. The zero-order valence-corrected chi connectivity index (χ0v) is 24.4. The molecule has 2 amide bonds. The number of thioether (sulfide) groups is 1. The molecule has 0 radical (unpaired) electrons. The number of aryl methyl sites for hydroxylation is 3. The summed E-state index contributed by atoms with van der Waals surface area (Å²) < 4.78 is 9.92. The van der Waals surface area contributed by atoms with E-state index in [0.717, 1.165) is 23.2 Å². The molecule has 0 unspecified atom stereocenters. The molecule has 11 nitrogen and oxygen atoms in total. The van der Waals surface area contributed by atoms with Crippen LogP contribution in [0, 0.1) is 6.92 Å². The molecule has 3 aromatic heterocycles. The van der Waals surface area contributed by atoms with Gasteiger partial charge >= 0.3 is 0 Å². The quantitative estimate of drug-likeness (QED) is 0.356. The van der Waals surface area contributed by atoms with Crippen molar-refractivity contribution in [2.24, 2.45) is 7.05 Å². The van der Waals surface area contributed by atoms with E-state index in [0.29, 0.717) is 47.4 Å². The van der Waals surface area contributed by atoms with E-state index >= 15 is 0 Å². The fourth-order valence-electron chi connectivity index (χ4n) is 4.59. The van der Waals surface area contributed by atoms with Crippen molar-refractivity contribution in [3.8, 4) is 17.1 Å². The van der Waals surface area contributed by atoms with Gasteiger partial charge in [0.05, 0.1) is 28.5 Å². The Labute approximate surface area is 243 Å². The Kier molecular flexibility index (Phi) is 8.70. The van der Waals surface area contributed by atoms with Crippen LogP contribution >= 0.6 is 11.8 Å². The number of aromatic nitrogens is 5. The Balaban J connectivity index is 1.50. The molecule has 5 rings (SSSR count). The first-order chi connectivity index (χ1) is 19.8. The fourth-order valence-corrected chi connectivity index (χ4v) is 5.54. The van der Waals surface area contributed by atoms with Crippen LogP contribution in [0.2, 0.25) is 0 Å². The number of amides is 2. The number of hydrogen-bond acceptors (Lipinski definition) is 8. The van der Waals surface area contributed by atoms with Crippen molar-refractivity contribution in [2.45, 2.75) is 25.3 Å². The molecule has 2 bridgehead atoms. The maximum atomic E-state index is 13.4. The summed E-state index contributed by atoms with van der Waals surface area (Å²) in [7, 11) is 5.69. The molecule has 1 aliphatic heterocycles. The second kappa shape index (κ2) is 12.6. The Bertz CT molecular complexity index is 1590. The summed E-state index contributed by atoms with van der Waals surface area (Å²) in [6, 6.07) is 11.3. The van der Waals surface area contributed by atoms with Gasteiger partial charge in [-0.3, -0.25) is 19.9 Å². The molecular formula is C29H34N8O3S. The Hall–Kier alpha value is -4.16. The molecule has 0 fully saturated rings. The monoisotopic (exact) mass is 574 g/mol. The number of nitrogens with zero attached hydrogens (tertiary/aromatic N) is 6. The predicted molar refractivity (Wildman–Crippen MR) is 161 cm³/mol. The van der Waals surface area contributed by atoms with Gasteiger partial charge in [-0.2, -0.15) is 5.10 Å². The predicted octanol–water partition coefficient (Wildman–Crippen LogP) is 3.47. The average Bonchev–Trinajstić information content (AvgIpc) is 3.47. The van der Waals surface area contributed by atoms with Gasteiger partial charge in [0, 0.05) is 37.5 Å². The molecular weight excluding hydrogens is 540 g/mol. The molecule has 1 atom stereocenters. The number of hydrogen-bond donors (Lipinski definition) is 2. The number of carbonyl (C=O) groups excluding carboxylic acids is 2. The van der Waals surface area contributed by atoms with Crippen molar-refractivity contribution in [3.63, 3.8) is 0 Å². The van der Waals surface area contributed by atoms with Gasteiger partial charge in [0.25, 0.3) is 5.91 Å². The number of fused-ring (bicyclic) bond motifs is 7. The van der Waals surface area contributed by atoms with E-state index in [1.807, 2.05) is 60.8 Å². The molecule has 4 aromatic rings. The van der Waals surface area contributed by atoms with Crippen molar-refractivity contribution < 1.29 is 14.3 Å². The first kappa shape index (κ1) is 28.4. The number of anilines is 1. The van der Waals surface area contributed by atoms with Gasteiger partial charge < -0.3 is 19.5 Å². The number of imidazole rings is 1. The van der Waals surface area contributed by atoms with E-state index in [9.17, 15) is 9.59 Å². The summed E-state index contributed by atoms with van der Waals surface area (Å²) in [4.78, 5) is 37.5. The number of carbonyl (C=O) groups is 2. The first-order valence-electron chi connectivity index (χ1n) is 13.4. The second-order valence-electron chi connectivity index (χ2n) is 10.1. The highest BCUT2D eigenvalue weighted by atomic mass is 32.2. The number of likely N-dealkylation sites (N-methyl/N-ethyl adjacent to an activating group) is 1. The maximum Gasteiger partial charge on any atom is 0.258 e. The maximum absolute atomic E-state index is 13.4. The highest BCUT2D eigenvalue weighted by molar-refractivity contribution is 7.99. The summed E-state index contributed by atoms with van der Waals surface area (Å²) in [6.45, 7) is 3.38. The summed E-state index contributed by atoms with van der Waals surface area (Å²) in [5.74, 6) is 1.29. The molecule has 41 heavy (non-hydrogen) atoms. The minimum Gasteiger partial charge on any atom is -0.474 e. The third-order valence-electron chi connectivity index (χ3n) is 6.52. The number of nitrogens with one attached hydrogen (secondary N) is 2. The van der Waals surface area contributed by atoms with Gasteiger partial charge in [-0.15, -0.1) is 11.8 Å². The average molecular weight is 575 g/mol. The molecule has 1 aromatic carbocycles. The zero-order chi connectivity index (χ0) is 28.9. The van der Waals surface area contributed by atoms with Gasteiger partial charge in [0.15, 0.2) is 0 Å². The van der Waals surface area contributed by atoms with Crippen LogP contribution in [0.4, 0.5) is 5.95 Å². The van der Waals surface area contributed by atoms with Crippen LogP contribution < -0.4 is 15.4 Å². The molecule has 0 aliphatic carbocycles. The van der Waals surface area contributed by atoms with Crippen LogP contribution in [0.5, 0.6) is 5.88 Å². The standard InChI is InChI=1S/C29H34N8O3S/c1-19-15-20-16-23(31-19)21-17-30-36(4)28(21)40-18-26(33-25(38)11-7-12-35(2)3)41-14-8-13-37-24-10-6-5-9-22(24)32-29(37)34-27(20)39/h5-7,9-11,15-17,26H,8,12-14,18H2,1-4H3,(H,33,38)(H,32,34,39)/b11-7+/t26-/m0/s1. The van der Waals surface area contributed by atoms with Crippen LogP contribution in [0.25, 0.3) is 22.3 Å². The lowest BCUT2D eigenvalue weighted by Gasteiger charge is -2.20. The summed E-state index contributed by atoms with van der Waals surface area (Å²) in [5, 5.41) is 10.2. The van der Waals surface area contributed by atoms with E-state index in [1.54, 1.807) is 47.9 Å². The molecule has 214 valence electrons. The number of rotatable bonds is 4. The van der Waals surface area contributed by atoms with Crippen LogP contribution in [-0.4, -0.2) is 79.4 Å². The molecule has 0 saturated carbocycles. The van der Waals surface area contributed by atoms with Crippen molar-refractivity contribution >= 4 is 40.6 Å². The van der Waals surface area contributed by atoms with E-state index in [1.165, 1.54) is 0 Å². The third kappa shape index (κ3) is 6.77. The molecule has 12 heteroatoms. The Morgan fingerprint density at radius 2 is 2.10 bits per heavy atom. The van der Waals surface area contributed by atoms with Gasteiger partial charge in [0.1, 0.15) is 12.0 Å². The van der Waals surface area contributed by atoms with Crippen molar-refractivity contribution in [3.05, 3.63) is 66.0 Å². The lowest BCUT2D eigenvalue weighted by molar-refractivity contribution is -0.116. The number of para-hydroxylation sites is 2. The minimum atomic E-state index is -0.304. The van der Waals surface area contributed by atoms with Crippen molar-refractivity contribution in [2.75, 3.05) is 38.3 Å². The summed E-state index contributed by atoms with van der Waals surface area (Å²) in [6.07, 6.45) is 5.84. The minimum absolute atomic E-state index is 0.178. The summed E-state index contributed by atoms with van der Waals surface area (Å²) >= 11 is 1.61.